The van der Waals surface area contributed by atoms with Gasteiger partial charge in [-0.15, -0.1) is 6.42 Å². The fraction of sp³-hybridized carbons (Fsp3) is 0.182. The molecule has 0 aliphatic heterocycles. The average molecular weight is 266 g/mol. The topological polar surface area (TPSA) is 17.1 Å². The molecule has 96 valence electrons. The van der Waals surface area contributed by atoms with Gasteiger partial charge in [0.05, 0.1) is 11.1 Å². The van der Waals surface area contributed by atoms with Crippen molar-refractivity contribution in [2.75, 3.05) is 0 Å². The Morgan fingerprint density at radius 1 is 0.944 bits per heavy atom. The second-order valence-electron chi connectivity index (χ2n) is 3.27. The number of rotatable bonds is 1. The molecule has 0 saturated heterocycles. The van der Waals surface area contributed by atoms with Gasteiger partial charge in [0.15, 0.2) is 0 Å². The second-order valence-corrected chi connectivity index (χ2v) is 3.27. The van der Waals surface area contributed by atoms with E-state index in [0.717, 1.165) is 0 Å². The van der Waals surface area contributed by atoms with Crippen LogP contribution in [0.5, 0.6) is 0 Å². The SMILES string of the molecule is C#CC(=O)c1cc(C(F)(F)F)cc(C(F)(F)F)c1. The number of hydrogen-bond donors (Lipinski definition) is 0. The summed E-state index contributed by atoms with van der Waals surface area (Å²) in [5, 5.41) is 0. The standard InChI is InChI=1S/C11H4F6O/c1-2-9(18)6-3-7(10(12,13)14)5-8(4-6)11(15,16)17/h1,3-5H. The highest BCUT2D eigenvalue weighted by Crippen LogP contribution is 2.36. The molecule has 0 saturated carbocycles. The van der Waals surface area contributed by atoms with Gasteiger partial charge in [0.2, 0.25) is 5.78 Å². The number of halogens is 6. The minimum atomic E-state index is -5.00. The Balaban J connectivity index is 3.50. The third-order valence-corrected chi connectivity index (χ3v) is 1.98. The monoisotopic (exact) mass is 266 g/mol. The van der Waals surface area contributed by atoms with Gasteiger partial charge in [0.25, 0.3) is 0 Å². The van der Waals surface area contributed by atoms with Crippen molar-refractivity contribution >= 4 is 5.78 Å². The van der Waals surface area contributed by atoms with E-state index in [1.807, 2.05) is 0 Å². The number of terminal acetylenes is 1. The quantitative estimate of drug-likeness (QED) is 0.329. The van der Waals surface area contributed by atoms with E-state index in [-0.39, 0.29) is 18.2 Å². The molecule has 0 aliphatic carbocycles. The number of carbonyl (C=O) groups excluding carboxylic acids is 1. The minimum Gasteiger partial charge on any atom is -0.279 e. The van der Waals surface area contributed by atoms with E-state index in [4.69, 9.17) is 0 Å². The molecular weight excluding hydrogens is 262 g/mol. The lowest BCUT2D eigenvalue weighted by atomic mass is 10.0. The fourth-order valence-corrected chi connectivity index (χ4v) is 1.17. The van der Waals surface area contributed by atoms with Crippen LogP contribution in [0.25, 0.3) is 0 Å². The molecule has 18 heavy (non-hydrogen) atoms. The highest BCUT2D eigenvalue weighted by molar-refractivity contribution is 6.08. The first-order valence-corrected chi connectivity index (χ1v) is 4.36. The van der Waals surface area contributed by atoms with E-state index in [1.54, 1.807) is 0 Å². The summed E-state index contributed by atoms with van der Waals surface area (Å²) in [6.07, 6.45) is -5.33. The van der Waals surface area contributed by atoms with Crippen LogP contribution in [0, 0.1) is 12.3 Å². The van der Waals surface area contributed by atoms with E-state index >= 15 is 0 Å². The number of alkyl halides is 6. The maximum Gasteiger partial charge on any atom is 0.416 e. The molecule has 0 unspecified atom stereocenters. The highest BCUT2D eigenvalue weighted by atomic mass is 19.4. The zero-order chi connectivity index (χ0) is 14.1. The lowest BCUT2D eigenvalue weighted by molar-refractivity contribution is -0.143. The fourth-order valence-electron chi connectivity index (χ4n) is 1.17. The van der Waals surface area contributed by atoms with Gasteiger partial charge in [-0.3, -0.25) is 4.79 Å². The van der Waals surface area contributed by atoms with Gasteiger partial charge in [-0.25, -0.2) is 0 Å². The van der Waals surface area contributed by atoms with Crippen LogP contribution in [0.1, 0.15) is 21.5 Å². The highest BCUT2D eigenvalue weighted by Gasteiger charge is 2.37. The van der Waals surface area contributed by atoms with Crippen molar-refractivity contribution in [2.24, 2.45) is 0 Å². The van der Waals surface area contributed by atoms with Crippen LogP contribution in [-0.4, -0.2) is 5.78 Å². The average Bonchev–Trinajstić information content (AvgIpc) is 2.25. The molecule has 0 aromatic heterocycles. The van der Waals surface area contributed by atoms with Crippen molar-refractivity contribution in [3.63, 3.8) is 0 Å². The van der Waals surface area contributed by atoms with Crippen LogP contribution in [0.2, 0.25) is 0 Å². The predicted molar refractivity (Wildman–Crippen MR) is 49.6 cm³/mol. The van der Waals surface area contributed by atoms with E-state index < -0.39 is 34.8 Å². The Morgan fingerprint density at radius 2 is 1.33 bits per heavy atom. The van der Waals surface area contributed by atoms with Crippen LogP contribution < -0.4 is 0 Å². The van der Waals surface area contributed by atoms with Gasteiger partial charge < -0.3 is 0 Å². The van der Waals surface area contributed by atoms with Gasteiger partial charge in [-0.2, -0.15) is 26.3 Å². The Hall–Kier alpha value is -1.97. The Bertz CT molecular complexity index is 486. The minimum absolute atomic E-state index is 0.0761. The molecule has 0 heterocycles. The molecule has 0 radical (unpaired) electrons. The van der Waals surface area contributed by atoms with Crippen molar-refractivity contribution in [2.45, 2.75) is 12.4 Å². The summed E-state index contributed by atoms with van der Waals surface area (Å²) in [6.45, 7) is 0. The molecular formula is C11H4F6O. The van der Waals surface area contributed by atoms with E-state index in [9.17, 15) is 31.1 Å². The molecule has 0 aliphatic rings. The maximum absolute atomic E-state index is 12.4. The van der Waals surface area contributed by atoms with Crippen molar-refractivity contribution in [1.29, 1.82) is 0 Å². The molecule has 0 fully saturated rings. The third kappa shape index (κ3) is 3.03. The lowest BCUT2D eigenvalue weighted by Gasteiger charge is -2.12. The molecule has 1 nitrogen and oxygen atoms in total. The van der Waals surface area contributed by atoms with Crippen LogP contribution in [0.4, 0.5) is 26.3 Å². The zero-order valence-corrected chi connectivity index (χ0v) is 8.49. The molecule has 0 atom stereocenters. The molecule has 0 bridgehead atoms. The van der Waals surface area contributed by atoms with Gasteiger partial charge >= 0.3 is 12.4 Å². The summed E-state index contributed by atoms with van der Waals surface area (Å²) in [5.74, 6) is 0.221. The van der Waals surface area contributed by atoms with Crippen LogP contribution in [-0.2, 0) is 12.4 Å². The third-order valence-electron chi connectivity index (χ3n) is 1.98. The largest absolute Gasteiger partial charge is 0.416 e. The molecule has 0 amide bonds. The summed E-state index contributed by atoms with van der Waals surface area (Å²) in [5.41, 5.74) is -3.97. The predicted octanol–water partition coefficient (Wildman–Crippen LogP) is 3.54. The van der Waals surface area contributed by atoms with Crippen LogP contribution in [0.15, 0.2) is 18.2 Å². The first-order chi connectivity index (χ1) is 8.05. The van der Waals surface area contributed by atoms with Crippen molar-refractivity contribution in [3.05, 3.63) is 34.9 Å². The summed E-state index contributed by atoms with van der Waals surface area (Å²) in [4.78, 5) is 11.0. The van der Waals surface area contributed by atoms with E-state index in [1.165, 1.54) is 5.92 Å². The van der Waals surface area contributed by atoms with Gasteiger partial charge in [-0.1, -0.05) is 0 Å². The molecule has 1 aromatic carbocycles. The number of Topliss-reactive ketones (excluding diaryl/α,β-unsaturated/α-hetero) is 1. The lowest BCUT2D eigenvalue weighted by Crippen LogP contribution is -2.13. The van der Waals surface area contributed by atoms with Crippen molar-refractivity contribution in [3.8, 4) is 12.3 Å². The van der Waals surface area contributed by atoms with Crippen molar-refractivity contribution < 1.29 is 31.1 Å². The molecule has 7 heteroatoms. The van der Waals surface area contributed by atoms with E-state index in [2.05, 4.69) is 6.42 Å². The first-order valence-electron chi connectivity index (χ1n) is 4.36. The Morgan fingerprint density at radius 3 is 1.61 bits per heavy atom. The second kappa shape index (κ2) is 4.37. The first kappa shape index (κ1) is 14.1. The number of benzene rings is 1. The summed E-state index contributed by atoms with van der Waals surface area (Å²) in [7, 11) is 0. The van der Waals surface area contributed by atoms with Gasteiger partial charge in [0.1, 0.15) is 0 Å². The Kier molecular flexibility index (Phi) is 3.42. The normalized spacial score (nSPS) is 12.1. The zero-order valence-electron chi connectivity index (χ0n) is 8.49. The molecule has 0 spiro atoms. The maximum atomic E-state index is 12.4. The van der Waals surface area contributed by atoms with Crippen molar-refractivity contribution in [1.82, 2.24) is 0 Å². The number of ketones is 1. The summed E-state index contributed by atoms with van der Waals surface area (Å²) < 4.78 is 74.2. The van der Waals surface area contributed by atoms with Crippen LogP contribution >= 0.6 is 0 Å². The molecule has 1 rings (SSSR count). The summed E-state index contributed by atoms with van der Waals surface area (Å²) in [6, 6.07) is 0.502. The Labute approximate surface area is 97.4 Å². The summed E-state index contributed by atoms with van der Waals surface area (Å²) >= 11 is 0. The number of hydrogen-bond acceptors (Lipinski definition) is 1. The smallest absolute Gasteiger partial charge is 0.279 e. The molecule has 1 aromatic rings. The van der Waals surface area contributed by atoms with E-state index in [0.29, 0.717) is 0 Å². The van der Waals surface area contributed by atoms with Gasteiger partial charge in [0, 0.05) is 5.56 Å². The molecule has 0 N–H and O–H groups in total. The number of carbonyl (C=O) groups is 1. The van der Waals surface area contributed by atoms with Gasteiger partial charge in [-0.05, 0) is 24.1 Å². The van der Waals surface area contributed by atoms with Crippen LogP contribution in [0.3, 0.4) is 0 Å².